The van der Waals surface area contributed by atoms with Crippen molar-refractivity contribution in [3.63, 3.8) is 0 Å². The van der Waals surface area contributed by atoms with E-state index in [0.717, 1.165) is 25.2 Å². The number of carbonyl (C=O) groups is 1. The van der Waals surface area contributed by atoms with Gasteiger partial charge < -0.3 is 10.2 Å². The van der Waals surface area contributed by atoms with Crippen LogP contribution in [0.25, 0.3) is 0 Å². The molecule has 2 aromatic carbocycles. The van der Waals surface area contributed by atoms with Gasteiger partial charge in [-0.15, -0.1) is 0 Å². The summed E-state index contributed by atoms with van der Waals surface area (Å²) in [5.41, 5.74) is -0.341. The number of benzene rings is 2. The number of rotatable bonds is 5. The SMILES string of the molecule is O=C(CN1C[C@@H]2CC(O)(Cc3ccc(C(F)(F)F)cc3)C[C@@H]2C1)c1ccc(O)cc1. The lowest BCUT2D eigenvalue weighted by atomic mass is 9.91. The third kappa shape index (κ3) is 4.52. The predicted molar refractivity (Wildman–Crippen MR) is 105 cm³/mol. The third-order valence-corrected chi connectivity index (χ3v) is 6.31. The summed E-state index contributed by atoms with van der Waals surface area (Å²) in [6.45, 7) is 1.75. The summed E-state index contributed by atoms with van der Waals surface area (Å²) in [5, 5.41) is 20.4. The lowest BCUT2D eigenvalue weighted by Crippen LogP contribution is -2.34. The van der Waals surface area contributed by atoms with E-state index in [9.17, 15) is 28.2 Å². The molecule has 4 rings (SSSR count). The molecule has 0 spiro atoms. The van der Waals surface area contributed by atoms with Crippen LogP contribution in [0.3, 0.4) is 0 Å². The number of phenolic OH excluding ortho intramolecular Hbond substituents is 1. The molecule has 30 heavy (non-hydrogen) atoms. The number of aromatic hydroxyl groups is 1. The highest BCUT2D eigenvalue weighted by Gasteiger charge is 2.48. The van der Waals surface area contributed by atoms with Gasteiger partial charge in [0.2, 0.25) is 0 Å². The smallest absolute Gasteiger partial charge is 0.416 e. The minimum atomic E-state index is -4.36. The van der Waals surface area contributed by atoms with Crippen LogP contribution in [0.4, 0.5) is 13.2 Å². The van der Waals surface area contributed by atoms with Gasteiger partial charge in [-0.2, -0.15) is 13.2 Å². The van der Waals surface area contributed by atoms with E-state index < -0.39 is 17.3 Å². The fourth-order valence-electron chi connectivity index (χ4n) is 4.96. The average Bonchev–Trinajstić information content (AvgIpc) is 3.15. The minimum Gasteiger partial charge on any atom is -0.508 e. The van der Waals surface area contributed by atoms with Crippen LogP contribution < -0.4 is 0 Å². The highest BCUT2D eigenvalue weighted by Crippen LogP contribution is 2.45. The largest absolute Gasteiger partial charge is 0.508 e. The summed E-state index contributed by atoms with van der Waals surface area (Å²) in [6, 6.07) is 11.2. The molecule has 7 heteroatoms. The number of likely N-dealkylation sites (tertiary alicyclic amines) is 1. The Bertz CT molecular complexity index is 895. The molecule has 1 unspecified atom stereocenters. The Morgan fingerprint density at radius 3 is 2.10 bits per heavy atom. The van der Waals surface area contributed by atoms with Crippen LogP contribution >= 0.6 is 0 Å². The molecule has 2 fully saturated rings. The maximum Gasteiger partial charge on any atom is 0.416 e. The minimum absolute atomic E-state index is 0.00464. The van der Waals surface area contributed by atoms with Crippen LogP contribution in [0, 0.1) is 11.8 Å². The van der Waals surface area contributed by atoms with Crippen molar-refractivity contribution >= 4 is 5.78 Å². The van der Waals surface area contributed by atoms with Crippen molar-refractivity contribution < 1.29 is 28.2 Å². The zero-order valence-corrected chi connectivity index (χ0v) is 16.4. The second-order valence-electron chi connectivity index (χ2n) is 8.69. The van der Waals surface area contributed by atoms with E-state index in [1.54, 1.807) is 12.1 Å². The fourth-order valence-corrected chi connectivity index (χ4v) is 4.96. The zero-order valence-electron chi connectivity index (χ0n) is 16.4. The Hall–Kier alpha value is -2.38. The molecule has 1 aliphatic carbocycles. The van der Waals surface area contributed by atoms with Crippen molar-refractivity contribution in [2.24, 2.45) is 11.8 Å². The number of aliphatic hydroxyl groups is 1. The highest BCUT2D eigenvalue weighted by molar-refractivity contribution is 5.97. The first-order chi connectivity index (χ1) is 14.1. The quantitative estimate of drug-likeness (QED) is 0.722. The van der Waals surface area contributed by atoms with E-state index in [1.807, 2.05) is 0 Å². The molecule has 160 valence electrons. The summed E-state index contributed by atoms with van der Waals surface area (Å²) >= 11 is 0. The van der Waals surface area contributed by atoms with Gasteiger partial charge in [-0.25, -0.2) is 0 Å². The van der Waals surface area contributed by atoms with E-state index in [0.29, 0.717) is 36.9 Å². The van der Waals surface area contributed by atoms with Crippen LogP contribution in [0.1, 0.15) is 34.3 Å². The van der Waals surface area contributed by atoms with Gasteiger partial charge in [-0.05, 0) is 66.6 Å². The van der Waals surface area contributed by atoms with Crippen molar-refractivity contribution in [1.29, 1.82) is 0 Å². The van der Waals surface area contributed by atoms with Crippen molar-refractivity contribution in [3.05, 3.63) is 65.2 Å². The highest BCUT2D eigenvalue weighted by atomic mass is 19.4. The molecular formula is C23H24F3NO3. The summed E-state index contributed by atoms with van der Waals surface area (Å²) in [6.07, 6.45) is -2.85. The van der Waals surface area contributed by atoms with Gasteiger partial charge in [0, 0.05) is 25.1 Å². The maximum absolute atomic E-state index is 12.7. The third-order valence-electron chi connectivity index (χ3n) is 6.31. The van der Waals surface area contributed by atoms with Gasteiger partial charge in [0.25, 0.3) is 0 Å². The molecule has 0 aromatic heterocycles. The van der Waals surface area contributed by atoms with Crippen LogP contribution in [0.5, 0.6) is 5.75 Å². The number of fused-ring (bicyclic) bond motifs is 1. The number of nitrogens with zero attached hydrogens (tertiary/aromatic N) is 1. The van der Waals surface area contributed by atoms with Gasteiger partial charge in [0.15, 0.2) is 5.78 Å². The molecule has 1 saturated carbocycles. The molecule has 2 N–H and O–H groups in total. The van der Waals surface area contributed by atoms with E-state index >= 15 is 0 Å². The molecule has 2 aromatic rings. The Balaban J connectivity index is 1.32. The van der Waals surface area contributed by atoms with Gasteiger partial charge in [-0.3, -0.25) is 9.69 Å². The first-order valence-corrected chi connectivity index (χ1v) is 10.0. The number of phenols is 1. The van der Waals surface area contributed by atoms with Crippen LogP contribution in [0.2, 0.25) is 0 Å². The molecule has 1 saturated heterocycles. The van der Waals surface area contributed by atoms with Crippen molar-refractivity contribution in [3.8, 4) is 5.75 Å². The number of carbonyl (C=O) groups excluding carboxylic acids is 1. The normalized spacial score (nSPS) is 26.7. The van der Waals surface area contributed by atoms with E-state index in [-0.39, 0.29) is 23.4 Å². The number of hydrogen-bond donors (Lipinski definition) is 2. The number of Topliss-reactive ketones (excluding diaryl/α,β-unsaturated/α-hetero) is 1. The topological polar surface area (TPSA) is 60.8 Å². The Labute approximate surface area is 172 Å². The van der Waals surface area contributed by atoms with Gasteiger partial charge in [0.05, 0.1) is 17.7 Å². The molecule has 1 heterocycles. The Kier molecular flexibility index (Phi) is 5.36. The van der Waals surface area contributed by atoms with Gasteiger partial charge in [0.1, 0.15) is 5.75 Å². The lowest BCUT2D eigenvalue weighted by Gasteiger charge is -2.26. The molecule has 0 radical (unpaired) electrons. The molecule has 0 amide bonds. The first kappa shape index (κ1) is 20.9. The monoisotopic (exact) mass is 419 g/mol. The second kappa shape index (κ2) is 7.71. The first-order valence-electron chi connectivity index (χ1n) is 10.0. The van der Waals surface area contributed by atoms with E-state index in [2.05, 4.69) is 4.90 Å². The molecule has 2 aliphatic rings. The summed E-state index contributed by atoms with van der Waals surface area (Å²) in [4.78, 5) is 14.5. The Morgan fingerprint density at radius 1 is 1.00 bits per heavy atom. The second-order valence-corrected chi connectivity index (χ2v) is 8.69. The summed E-state index contributed by atoms with van der Waals surface area (Å²) < 4.78 is 38.2. The summed E-state index contributed by atoms with van der Waals surface area (Å²) in [7, 11) is 0. The van der Waals surface area contributed by atoms with Gasteiger partial charge >= 0.3 is 6.18 Å². The van der Waals surface area contributed by atoms with Crippen molar-refractivity contribution in [1.82, 2.24) is 4.90 Å². The molecular weight excluding hydrogens is 395 g/mol. The molecule has 0 bridgehead atoms. The average molecular weight is 419 g/mol. The number of hydrogen-bond acceptors (Lipinski definition) is 4. The van der Waals surface area contributed by atoms with Crippen molar-refractivity contribution in [2.45, 2.75) is 31.0 Å². The predicted octanol–water partition coefficient (Wildman–Crippen LogP) is 3.91. The molecule has 4 nitrogen and oxygen atoms in total. The fraction of sp³-hybridized carbons (Fsp3) is 0.435. The van der Waals surface area contributed by atoms with Gasteiger partial charge in [-0.1, -0.05) is 12.1 Å². The zero-order chi connectivity index (χ0) is 21.5. The number of halogens is 3. The van der Waals surface area contributed by atoms with E-state index in [1.165, 1.54) is 24.3 Å². The lowest BCUT2D eigenvalue weighted by molar-refractivity contribution is -0.137. The molecule has 3 atom stereocenters. The van der Waals surface area contributed by atoms with Crippen LogP contribution in [-0.2, 0) is 12.6 Å². The standard InChI is InChI=1S/C23H24F3NO3/c24-23(25,26)19-5-1-15(2-6-19)9-22(30)10-17-12-27(13-18(17)11-22)14-21(29)16-3-7-20(28)8-4-16/h1-8,17-18,28,30H,9-14H2/t17-,18+,22?. The van der Waals surface area contributed by atoms with Crippen molar-refractivity contribution in [2.75, 3.05) is 19.6 Å². The summed E-state index contributed by atoms with van der Waals surface area (Å²) in [5.74, 6) is 0.665. The number of alkyl halides is 3. The maximum atomic E-state index is 12.7. The number of ketones is 1. The Morgan fingerprint density at radius 2 is 1.57 bits per heavy atom. The van der Waals surface area contributed by atoms with E-state index in [4.69, 9.17) is 0 Å². The van der Waals surface area contributed by atoms with Crippen LogP contribution in [-0.4, -0.2) is 46.1 Å². The van der Waals surface area contributed by atoms with Crippen LogP contribution in [0.15, 0.2) is 48.5 Å². The molecule has 1 aliphatic heterocycles.